The third-order valence-electron chi connectivity index (χ3n) is 3.81. The molecule has 0 aromatic rings. The van der Waals surface area contributed by atoms with Crippen molar-refractivity contribution in [2.24, 2.45) is 0 Å². The third-order valence-corrected chi connectivity index (χ3v) is 3.81. The average molecular weight is 298 g/mol. The van der Waals surface area contributed by atoms with E-state index in [0.29, 0.717) is 18.5 Å². The van der Waals surface area contributed by atoms with E-state index >= 15 is 0 Å². The van der Waals surface area contributed by atoms with Crippen LogP contribution in [-0.4, -0.2) is 61.5 Å². The lowest BCUT2D eigenvalue weighted by Crippen LogP contribution is -2.45. The van der Waals surface area contributed by atoms with Gasteiger partial charge in [-0.1, -0.05) is 0 Å². The Bertz CT molecular complexity index is 239. The molecule has 18 heavy (non-hydrogen) atoms. The van der Waals surface area contributed by atoms with Gasteiger partial charge in [-0.2, -0.15) is 0 Å². The Kier molecular flexibility index (Phi) is 8.95. The fourth-order valence-corrected chi connectivity index (χ4v) is 2.64. The second kappa shape index (κ2) is 8.97. The number of nitrogens with one attached hydrogen (secondary N) is 1. The highest BCUT2D eigenvalue weighted by atomic mass is 35.5. The highest BCUT2D eigenvalue weighted by Crippen LogP contribution is 2.12. The van der Waals surface area contributed by atoms with Crippen molar-refractivity contribution in [2.75, 3.05) is 39.8 Å². The molecule has 2 rings (SSSR count). The van der Waals surface area contributed by atoms with Gasteiger partial charge in [-0.25, -0.2) is 0 Å². The largest absolute Gasteiger partial charge is 0.342 e. The highest BCUT2D eigenvalue weighted by Gasteiger charge is 2.23. The predicted molar refractivity (Wildman–Crippen MR) is 78.8 cm³/mol. The smallest absolute Gasteiger partial charge is 0.236 e. The molecule has 2 fully saturated rings. The number of piperidine rings is 1. The molecule has 108 valence electrons. The normalized spacial score (nSPS) is 21.3. The summed E-state index contributed by atoms with van der Waals surface area (Å²) in [6, 6.07) is 0.651. The Labute approximate surface area is 122 Å². The molecule has 6 heteroatoms. The molecule has 2 heterocycles. The van der Waals surface area contributed by atoms with Gasteiger partial charge in [0.25, 0.3) is 0 Å². The van der Waals surface area contributed by atoms with Crippen LogP contribution >= 0.6 is 24.8 Å². The van der Waals surface area contributed by atoms with E-state index in [1.165, 1.54) is 25.7 Å². The molecule has 2 aliphatic rings. The number of hydrogen-bond acceptors (Lipinski definition) is 3. The predicted octanol–water partition coefficient (Wildman–Crippen LogP) is 1.14. The van der Waals surface area contributed by atoms with Crippen molar-refractivity contribution in [1.82, 2.24) is 15.1 Å². The van der Waals surface area contributed by atoms with Crippen molar-refractivity contribution in [3.05, 3.63) is 0 Å². The molecule has 2 saturated heterocycles. The second-order valence-corrected chi connectivity index (χ2v) is 4.93. The van der Waals surface area contributed by atoms with Crippen LogP contribution in [0.2, 0.25) is 0 Å². The topological polar surface area (TPSA) is 35.6 Å². The fraction of sp³-hybridized carbons (Fsp3) is 0.917. The first-order valence-corrected chi connectivity index (χ1v) is 6.47. The molecule has 0 unspecified atom stereocenters. The van der Waals surface area contributed by atoms with Crippen LogP contribution in [0.15, 0.2) is 0 Å². The Morgan fingerprint density at radius 2 is 1.67 bits per heavy atom. The first-order chi connectivity index (χ1) is 7.79. The van der Waals surface area contributed by atoms with E-state index < -0.39 is 0 Å². The summed E-state index contributed by atoms with van der Waals surface area (Å²) >= 11 is 0. The number of amides is 1. The maximum Gasteiger partial charge on any atom is 0.236 e. The summed E-state index contributed by atoms with van der Waals surface area (Å²) in [5.74, 6) is 0.334. The van der Waals surface area contributed by atoms with Gasteiger partial charge in [-0.15, -0.1) is 24.8 Å². The number of halogens is 2. The Hall–Kier alpha value is -0.0300. The van der Waals surface area contributed by atoms with Crippen LogP contribution in [0.5, 0.6) is 0 Å². The molecule has 4 nitrogen and oxygen atoms in total. The van der Waals surface area contributed by atoms with Gasteiger partial charge in [0.2, 0.25) is 5.91 Å². The number of likely N-dealkylation sites (tertiary alicyclic amines) is 2. The molecule has 2 aliphatic heterocycles. The maximum absolute atomic E-state index is 11.9. The van der Waals surface area contributed by atoms with Crippen molar-refractivity contribution >= 4 is 30.7 Å². The molecule has 0 saturated carbocycles. The Balaban J connectivity index is 0.00000144. The summed E-state index contributed by atoms with van der Waals surface area (Å²) in [4.78, 5) is 16.3. The lowest BCUT2D eigenvalue weighted by atomic mass is 10.1. The van der Waals surface area contributed by atoms with E-state index in [9.17, 15) is 4.79 Å². The van der Waals surface area contributed by atoms with Gasteiger partial charge in [0.05, 0.1) is 6.54 Å². The molecular weight excluding hydrogens is 273 g/mol. The molecule has 0 aromatic carbocycles. The highest BCUT2D eigenvalue weighted by molar-refractivity contribution is 5.85. The molecule has 1 N–H and O–H groups in total. The maximum atomic E-state index is 11.9. The summed E-state index contributed by atoms with van der Waals surface area (Å²) in [6.07, 6.45) is 4.72. The summed E-state index contributed by atoms with van der Waals surface area (Å²) in [5.41, 5.74) is 0. The van der Waals surface area contributed by atoms with Crippen molar-refractivity contribution < 1.29 is 4.79 Å². The molecule has 0 bridgehead atoms. The molecule has 0 radical (unpaired) electrons. The molecule has 0 atom stereocenters. The average Bonchev–Trinajstić information content (AvgIpc) is 2.83. The molecule has 0 aliphatic carbocycles. The third kappa shape index (κ3) is 4.92. The lowest BCUT2D eigenvalue weighted by molar-refractivity contribution is -0.131. The SMILES string of the molecule is CNC1CCN(CC(=O)N2CCCC2)CC1.Cl.Cl. The van der Waals surface area contributed by atoms with Crippen LogP contribution in [0.25, 0.3) is 0 Å². The van der Waals surface area contributed by atoms with E-state index in [0.717, 1.165) is 26.2 Å². The van der Waals surface area contributed by atoms with Crippen molar-refractivity contribution in [3.8, 4) is 0 Å². The van der Waals surface area contributed by atoms with Gasteiger partial charge in [0.15, 0.2) is 0 Å². The van der Waals surface area contributed by atoms with Crippen LogP contribution in [0, 0.1) is 0 Å². The number of rotatable bonds is 3. The first kappa shape index (κ1) is 18.0. The zero-order chi connectivity index (χ0) is 11.4. The first-order valence-electron chi connectivity index (χ1n) is 6.47. The van der Waals surface area contributed by atoms with Crippen LogP contribution in [-0.2, 0) is 4.79 Å². The standard InChI is InChI=1S/C12H23N3O.2ClH/c1-13-11-4-8-14(9-5-11)10-12(16)15-6-2-3-7-15;;/h11,13H,2-10H2,1H3;2*1H. The zero-order valence-corrected chi connectivity index (χ0v) is 12.7. The van der Waals surface area contributed by atoms with Gasteiger partial charge < -0.3 is 10.2 Å². The van der Waals surface area contributed by atoms with Crippen molar-refractivity contribution in [2.45, 2.75) is 31.7 Å². The number of hydrogen-bond donors (Lipinski definition) is 1. The van der Waals surface area contributed by atoms with E-state index in [4.69, 9.17) is 0 Å². The molecule has 0 aromatic heterocycles. The monoisotopic (exact) mass is 297 g/mol. The molecule has 1 amide bonds. The van der Waals surface area contributed by atoms with E-state index in [1.807, 2.05) is 11.9 Å². The molecular formula is C12H25Cl2N3O. The molecule has 0 spiro atoms. The van der Waals surface area contributed by atoms with E-state index in [2.05, 4.69) is 10.2 Å². The van der Waals surface area contributed by atoms with Gasteiger partial charge in [0, 0.05) is 32.2 Å². The lowest BCUT2D eigenvalue weighted by Gasteiger charge is -2.32. The van der Waals surface area contributed by atoms with Crippen LogP contribution < -0.4 is 5.32 Å². The quantitative estimate of drug-likeness (QED) is 0.848. The number of carbonyl (C=O) groups is 1. The van der Waals surface area contributed by atoms with E-state index in [1.54, 1.807) is 0 Å². The number of nitrogens with zero attached hydrogens (tertiary/aromatic N) is 2. The van der Waals surface area contributed by atoms with Crippen molar-refractivity contribution in [1.29, 1.82) is 0 Å². The van der Waals surface area contributed by atoms with Gasteiger partial charge in [-0.3, -0.25) is 9.69 Å². The minimum absolute atomic E-state index is 0. The minimum atomic E-state index is 0. The van der Waals surface area contributed by atoms with Crippen molar-refractivity contribution in [3.63, 3.8) is 0 Å². The zero-order valence-electron chi connectivity index (χ0n) is 11.1. The summed E-state index contributed by atoms with van der Waals surface area (Å²) in [5, 5.41) is 3.31. The summed E-state index contributed by atoms with van der Waals surface area (Å²) in [7, 11) is 2.02. The van der Waals surface area contributed by atoms with Crippen LogP contribution in [0.1, 0.15) is 25.7 Å². The van der Waals surface area contributed by atoms with Gasteiger partial charge in [0.1, 0.15) is 0 Å². The Morgan fingerprint density at radius 1 is 1.11 bits per heavy atom. The minimum Gasteiger partial charge on any atom is -0.342 e. The second-order valence-electron chi connectivity index (χ2n) is 4.93. The van der Waals surface area contributed by atoms with E-state index in [-0.39, 0.29) is 24.8 Å². The van der Waals surface area contributed by atoms with Gasteiger partial charge >= 0.3 is 0 Å². The number of carbonyl (C=O) groups excluding carboxylic acids is 1. The van der Waals surface area contributed by atoms with Crippen LogP contribution in [0.3, 0.4) is 0 Å². The fourth-order valence-electron chi connectivity index (χ4n) is 2.64. The van der Waals surface area contributed by atoms with Gasteiger partial charge in [-0.05, 0) is 32.7 Å². The summed E-state index contributed by atoms with van der Waals surface area (Å²) in [6.45, 7) is 4.71. The summed E-state index contributed by atoms with van der Waals surface area (Å²) < 4.78 is 0. The Morgan fingerprint density at radius 3 is 2.17 bits per heavy atom. The van der Waals surface area contributed by atoms with Crippen LogP contribution in [0.4, 0.5) is 0 Å².